The van der Waals surface area contributed by atoms with Crippen molar-refractivity contribution in [3.8, 4) is 5.69 Å². The van der Waals surface area contributed by atoms with Crippen molar-refractivity contribution in [3.63, 3.8) is 0 Å². The van der Waals surface area contributed by atoms with Gasteiger partial charge in [-0.2, -0.15) is 0 Å². The molecule has 0 aliphatic carbocycles. The molecule has 7 heteroatoms. The van der Waals surface area contributed by atoms with Crippen LogP contribution in [-0.4, -0.2) is 34.7 Å². The van der Waals surface area contributed by atoms with Crippen LogP contribution in [0.2, 0.25) is 0 Å². The molecule has 0 saturated carbocycles. The van der Waals surface area contributed by atoms with Gasteiger partial charge in [0.15, 0.2) is 0 Å². The van der Waals surface area contributed by atoms with Crippen LogP contribution in [0.5, 0.6) is 0 Å². The molecule has 1 heterocycles. The summed E-state index contributed by atoms with van der Waals surface area (Å²) >= 11 is 0. The Labute approximate surface area is 178 Å². The van der Waals surface area contributed by atoms with Gasteiger partial charge >= 0.3 is 0 Å². The summed E-state index contributed by atoms with van der Waals surface area (Å²) in [5.41, 5.74) is 1.29. The predicted molar refractivity (Wildman–Crippen MR) is 119 cm³/mol. The van der Waals surface area contributed by atoms with Crippen molar-refractivity contribution in [1.82, 2.24) is 20.4 Å². The van der Waals surface area contributed by atoms with Crippen LogP contribution in [0.1, 0.15) is 16.1 Å². The summed E-state index contributed by atoms with van der Waals surface area (Å²) < 4.78 is 1.29. The van der Waals surface area contributed by atoms with Crippen molar-refractivity contribution in [2.24, 2.45) is 0 Å². The third kappa shape index (κ3) is 4.25. The monoisotopic (exact) mass is 414 g/mol. The number of nitrogens with one attached hydrogen (secondary N) is 3. The first-order chi connectivity index (χ1) is 15.1. The fourth-order valence-electron chi connectivity index (χ4n) is 3.59. The normalized spacial score (nSPS) is 11.8. The molecular formula is C24H22N4O3. The Bertz CT molecular complexity index is 1290. The number of likely N-dealkylation sites (N-methyl/N-ethyl adjacent to an activating group) is 1. The number of amides is 2. The van der Waals surface area contributed by atoms with Gasteiger partial charge in [0.1, 0.15) is 11.7 Å². The Morgan fingerprint density at radius 3 is 2.45 bits per heavy atom. The summed E-state index contributed by atoms with van der Waals surface area (Å²) in [6, 6.07) is 23.1. The summed E-state index contributed by atoms with van der Waals surface area (Å²) in [4.78, 5) is 37.7. The van der Waals surface area contributed by atoms with Gasteiger partial charge in [0.05, 0.1) is 5.69 Å². The van der Waals surface area contributed by atoms with Gasteiger partial charge in [0.25, 0.3) is 11.5 Å². The molecule has 4 rings (SSSR count). The molecule has 7 nitrogen and oxygen atoms in total. The van der Waals surface area contributed by atoms with Crippen LogP contribution >= 0.6 is 0 Å². The molecule has 0 aliphatic rings. The first-order valence-corrected chi connectivity index (χ1v) is 9.93. The maximum absolute atomic E-state index is 12.9. The van der Waals surface area contributed by atoms with E-state index in [0.717, 1.165) is 16.3 Å². The van der Waals surface area contributed by atoms with Gasteiger partial charge in [-0.25, -0.2) is 4.68 Å². The lowest BCUT2D eigenvalue weighted by molar-refractivity contribution is -0.122. The molecular weight excluding hydrogens is 392 g/mol. The van der Waals surface area contributed by atoms with Gasteiger partial charge in [-0.15, -0.1) is 0 Å². The number of benzene rings is 3. The van der Waals surface area contributed by atoms with Crippen molar-refractivity contribution in [3.05, 3.63) is 100 Å². The second-order valence-electron chi connectivity index (χ2n) is 7.16. The third-order valence-corrected chi connectivity index (χ3v) is 5.15. The van der Waals surface area contributed by atoms with E-state index in [4.69, 9.17) is 0 Å². The molecule has 0 bridgehead atoms. The zero-order valence-corrected chi connectivity index (χ0v) is 17.0. The van der Waals surface area contributed by atoms with E-state index in [2.05, 4.69) is 15.7 Å². The minimum Gasteiger partial charge on any atom is -0.357 e. The average Bonchev–Trinajstić information content (AvgIpc) is 3.20. The quantitative estimate of drug-likeness (QED) is 0.452. The molecule has 156 valence electrons. The lowest BCUT2D eigenvalue weighted by atomic mass is 9.98. The number of aromatic nitrogens is 2. The zero-order chi connectivity index (χ0) is 21.8. The number of rotatable bonds is 6. The molecule has 3 aromatic carbocycles. The van der Waals surface area contributed by atoms with Crippen molar-refractivity contribution in [1.29, 1.82) is 0 Å². The number of nitrogens with zero attached hydrogens (tertiary/aromatic N) is 1. The maximum Gasteiger partial charge on any atom is 0.271 e. The number of fused-ring (bicyclic) bond motifs is 1. The van der Waals surface area contributed by atoms with Crippen LogP contribution in [0.25, 0.3) is 16.5 Å². The molecule has 1 aromatic heterocycles. The lowest BCUT2D eigenvalue weighted by Crippen LogP contribution is -2.47. The van der Waals surface area contributed by atoms with E-state index in [1.54, 1.807) is 24.3 Å². The van der Waals surface area contributed by atoms with E-state index in [-0.39, 0.29) is 17.2 Å². The number of aromatic amines is 1. The highest BCUT2D eigenvalue weighted by Gasteiger charge is 2.23. The standard InChI is InChI=1S/C24H22N4O3/c1-25-23(30)20(14-17-10-7-9-16-8-5-6-13-19(16)17)26-24(31)21-15-22(29)28(27-21)18-11-3-2-4-12-18/h2-13,15,20,27H,14H2,1H3,(H,25,30)(H,26,31). The van der Waals surface area contributed by atoms with Crippen LogP contribution in [0.4, 0.5) is 0 Å². The highest BCUT2D eigenvalue weighted by molar-refractivity contribution is 5.96. The number of hydrogen-bond donors (Lipinski definition) is 3. The highest BCUT2D eigenvalue weighted by atomic mass is 16.2. The zero-order valence-electron chi connectivity index (χ0n) is 17.0. The molecule has 4 aromatic rings. The molecule has 0 saturated heterocycles. The van der Waals surface area contributed by atoms with Crippen molar-refractivity contribution >= 4 is 22.6 Å². The molecule has 3 N–H and O–H groups in total. The van der Waals surface area contributed by atoms with Gasteiger partial charge in [-0.1, -0.05) is 60.7 Å². The summed E-state index contributed by atoms with van der Waals surface area (Å²) in [6.07, 6.45) is 0.316. The fourth-order valence-corrected chi connectivity index (χ4v) is 3.59. The Hall–Kier alpha value is -4.13. The molecule has 0 radical (unpaired) electrons. The van der Waals surface area contributed by atoms with Gasteiger partial charge in [-0.05, 0) is 28.5 Å². The van der Waals surface area contributed by atoms with Gasteiger partial charge < -0.3 is 10.6 Å². The molecule has 1 unspecified atom stereocenters. The summed E-state index contributed by atoms with van der Waals surface area (Å²) in [7, 11) is 1.53. The average molecular weight is 414 g/mol. The first-order valence-electron chi connectivity index (χ1n) is 9.93. The van der Waals surface area contributed by atoms with Crippen molar-refractivity contribution < 1.29 is 9.59 Å². The Morgan fingerprint density at radius 1 is 0.968 bits per heavy atom. The van der Waals surface area contributed by atoms with Crippen LogP contribution in [-0.2, 0) is 11.2 Å². The van der Waals surface area contributed by atoms with E-state index in [1.807, 2.05) is 48.5 Å². The smallest absolute Gasteiger partial charge is 0.271 e. The highest BCUT2D eigenvalue weighted by Crippen LogP contribution is 2.20. The van der Waals surface area contributed by atoms with Crippen LogP contribution < -0.4 is 16.2 Å². The second-order valence-corrected chi connectivity index (χ2v) is 7.16. The maximum atomic E-state index is 12.9. The van der Waals surface area contributed by atoms with E-state index < -0.39 is 11.9 Å². The van der Waals surface area contributed by atoms with Crippen LogP contribution in [0.3, 0.4) is 0 Å². The Balaban J connectivity index is 1.59. The molecule has 2 amide bonds. The summed E-state index contributed by atoms with van der Waals surface area (Å²) in [5.74, 6) is -0.841. The minimum atomic E-state index is -0.799. The summed E-state index contributed by atoms with van der Waals surface area (Å²) in [5, 5.41) is 10.3. The van der Waals surface area contributed by atoms with Gasteiger partial charge in [0, 0.05) is 19.5 Å². The first kappa shape index (κ1) is 20.2. The molecule has 31 heavy (non-hydrogen) atoms. The SMILES string of the molecule is CNC(=O)C(Cc1cccc2ccccc12)NC(=O)c1cc(=O)n(-c2ccccc2)[nH]1. The van der Waals surface area contributed by atoms with Crippen LogP contribution in [0, 0.1) is 0 Å². The molecule has 0 spiro atoms. The minimum absolute atomic E-state index is 0.0840. The molecule has 1 atom stereocenters. The van der Waals surface area contributed by atoms with Gasteiger partial charge in [0.2, 0.25) is 5.91 Å². The predicted octanol–water partition coefficient (Wildman–Crippen LogP) is 2.41. The van der Waals surface area contributed by atoms with E-state index in [9.17, 15) is 14.4 Å². The number of para-hydroxylation sites is 1. The number of carbonyl (C=O) groups excluding carboxylic acids is 2. The van der Waals surface area contributed by atoms with E-state index in [0.29, 0.717) is 12.1 Å². The fraction of sp³-hybridized carbons (Fsp3) is 0.125. The molecule has 0 fully saturated rings. The largest absolute Gasteiger partial charge is 0.357 e. The van der Waals surface area contributed by atoms with Crippen LogP contribution in [0.15, 0.2) is 83.7 Å². The molecule has 0 aliphatic heterocycles. The Kier molecular flexibility index (Phi) is 5.66. The topological polar surface area (TPSA) is 96.0 Å². The third-order valence-electron chi connectivity index (χ3n) is 5.15. The lowest BCUT2D eigenvalue weighted by Gasteiger charge is -2.18. The second kappa shape index (κ2) is 8.71. The number of hydrogen-bond acceptors (Lipinski definition) is 3. The summed E-state index contributed by atoms with van der Waals surface area (Å²) in [6.45, 7) is 0. The number of H-pyrrole nitrogens is 1. The Morgan fingerprint density at radius 2 is 1.68 bits per heavy atom. The van der Waals surface area contributed by atoms with Crippen molar-refractivity contribution in [2.75, 3.05) is 7.05 Å². The number of carbonyl (C=O) groups is 2. The van der Waals surface area contributed by atoms with E-state index >= 15 is 0 Å². The van der Waals surface area contributed by atoms with Gasteiger partial charge in [-0.3, -0.25) is 19.5 Å². The van der Waals surface area contributed by atoms with Crippen molar-refractivity contribution in [2.45, 2.75) is 12.5 Å². The van der Waals surface area contributed by atoms with E-state index in [1.165, 1.54) is 17.8 Å².